The molecule has 8 heteroatoms. The van der Waals surface area contributed by atoms with Gasteiger partial charge in [0.05, 0.1) is 12.5 Å². The van der Waals surface area contributed by atoms with Crippen LogP contribution in [0.25, 0.3) is 0 Å². The molecular formula is C23H30N6O2. The van der Waals surface area contributed by atoms with Crippen LogP contribution in [0.5, 0.6) is 5.75 Å². The molecule has 1 aromatic carbocycles. The van der Waals surface area contributed by atoms with Gasteiger partial charge in [0.25, 0.3) is 0 Å². The van der Waals surface area contributed by atoms with Crippen LogP contribution in [0.15, 0.2) is 47.6 Å². The fraction of sp³-hybridized carbons (Fsp3) is 0.435. The lowest BCUT2D eigenvalue weighted by Gasteiger charge is -2.33. The zero-order chi connectivity index (χ0) is 21.6. The van der Waals surface area contributed by atoms with E-state index in [9.17, 15) is 4.79 Å². The van der Waals surface area contributed by atoms with E-state index < -0.39 is 0 Å². The largest absolute Gasteiger partial charge is 0.488 e. The maximum absolute atomic E-state index is 11.7. The number of piperidine rings is 1. The van der Waals surface area contributed by atoms with E-state index in [1.165, 1.54) is 5.56 Å². The Balaban J connectivity index is 1.33. The number of guanidine groups is 1. The van der Waals surface area contributed by atoms with Gasteiger partial charge in [0, 0.05) is 44.9 Å². The number of anilines is 1. The Morgan fingerprint density at radius 3 is 2.97 bits per heavy atom. The van der Waals surface area contributed by atoms with Crippen molar-refractivity contribution in [1.29, 1.82) is 0 Å². The first-order chi connectivity index (χ1) is 15.1. The van der Waals surface area contributed by atoms with Gasteiger partial charge in [0.15, 0.2) is 5.96 Å². The Kier molecular flexibility index (Phi) is 6.54. The van der Waals surface area contributed by atoms with Crippen molar-refractivity contribution in [2.45, 2.75) is 31.9 Å². The summed E-state index contributed by atoms with van der Waals surface area (Å²) in [6.45, 7) is 2.74. The van der Waals surface area contributed by atoms with Gasteiger partial charge in [0.2, 0.25) is 5.91 Å². The highest BCUT2D eigenvalue weighted by atomic mass is 16.5. The number of nitrogens with one attached hydrogen (secondary N) is 2. The summed E-state index contributed by atoms with van der Waals surface area (Å²) in [7, 11) is 1.76. The third-order valence-corrected chi connectivity index (χ3v) is 5.87. The van der Waals surface area contributed by atoms with Crippen molar-refractivity contribution in [3.63, 3.8) is 0 Å². The van der Waals surface area contributed by atoms with Gasteiger partial charge >= 0.3 is 0 Å². The summed E-state index contributed by atoms with van der Waals surface area (Å²) < 4.78 is 5.99. The lowest BCUT2D eigenvalue weighted by molar-refractivity contribution is -0.122. The zero-order valence-electron chi connectivity index (χ0n) is 17.9. The highest BCUT2D eigenvalue weighted by Gasteiger charge is 2.26. The molecule has 0 saturated carbocycles. The fourth-order valence-corrected chi connectivity index (χ4v) is 4.23. The number of primary amides is 1. The lowest BCUT2D eigenvalue weighted by Crippen LogP contribution is -2.43. The molecule has 0 bridgehead atoms. The molecule has 2 aliphatic heterocycles. The molecule has 1 amide bonds. The first kappa shape index (κ1) is 21.0. The molecule has 1 saturated heterocycles. The van der Waals surface area contributed by atoms with Crippen molar-refractivity contribution in [3.05, 3.63) is 53.7 Å². The molecule has 0 radical (unpaired) electrons. The second-order valence-corrected chi connectivity index (χ2v) is 8.03. The van der Waals surface area contributed by atoms with Gasteiger partial charge in [-0.3, -0.25) is 9.79 Å². The molecule has 4 N–H and O–H groups in total. The number of nitrogens with two attached hydrogens (primary N) is 1. The van der Waals surface area contributed by atoms with Gasteiger partial charge in [-0.2, -0.15) is 0 Å². The summed E-state index contributed by atoms with van der Waals surface area (Å²) in [5.74, 6) is 2.21. The molecule has 0 spiro atoms. The van der Waals surface area contributed by atoms with Crippen LogP contribution in [0.4, 0.5) is 5.82 Å². The second kappa shape index (κ2) is 9.68. The van der Waals surface area contributed by atoms with Crippen molar-refractivity contribution in [2.75, 3.05) is 31.6 Å². The number of aromatic nitrogens is 1. The fourth-order valence-electron chi connectivity index (χ4n) is 4.23. The van der Waals surface area contributed by atoms with Gasteiger partial charge < -0.3 is 26.0 Å². The molecule has 1 fully saturated rings. The molecule has 4 rings (SSSR count). The number of carbonyl (C=O) groups excluding carboxylic acids is 1. The van der Waals surface area contributed by atoms with Gasteiger partial charge in [-0.25, -0.2) is 4.98 Å². The Hall–Kier alpha value is -3.29. The molecule has 164 valence electrons. The highest BCUT2D eigenvalue weighted by Crippen LogP contribution is 2.28. The second-order valence-electron chi connectivity index (χ2n) is 8.03. The van der Waals surface area contributed by atoms with E-state index in [1.54, 1.807) is 13.2 Å². The minimum atomic E-state index is -0.235. The Morgan fingerprint density at radius 2 is 2.16 bits per heavy atom. The zero-order valence-corrected chi connectivity index (χ0v) is 17.9. The number of hydrogen-bond donors (Lipinski definition) is 3. The molecule has 3 heterocycles. The van der Waals surface area contributed by atoms with E-state index in [0.29, 0.717) is 25.6 Å². The summed E-state index contributed by atoms with van der Waals surface area (Å²) in [4.78, 5) is 22.7. The van der Waals surface area contributed by atoms with Crippen LogP contribution in [-0.4, -0.2) is 49.6 Å². The molecule has 2 atom stereocenters. The summed E-state index contributed by atoms with van der Waals surface area (Å²) in [6.07, 6.45) is 4.54. The summed E-state index contributed by atoms with van der Waals surface area (Å²) >= 11 is 0. The van der Waals surface area contributed by atoms with Crippen LogP contribution in [0.2, 0.25) is 0 Å². The summed E-state index contributed by atoms with van der Waals surface area (Å²) in [6, 6.07) is 12.1. The maximum Gasteiger partial charge on any atom is 0.222 e. The van der Waals surface area contributed by atoms with Crippen LogP contribution in [0.3, 0.4) is 0 Å². The maximum atomic E-state index is 11.7. The molecule has 2 aliphatic rings. The summed E-state index contributed by atoms with van der Waals surface area (Å²) in [5, 5.41) is 6.73. The number of amides is 1. The number of hydrogen-bond acceptors (Lipinski definition) is 5. The number of fused-ring (bicyclic) bond motifs is 1. The standard InChI is InChI=1S/C23H30N6O2/c1-25-23(28-14-19-12-16-6-2-3-9-20(16)31-19)27-13-17-7-4-10-26-22(17)29-11-5-8-18(15-29)21(24)30/h2-4,6-7,9-10,18-19H,5,8,11-15H2,1H3,(H2,24,30)(H2,25,27,28). The quantitative estimate of drug-likeness (QED) is 0.481. The number of carbonyl (C=O) groups is 1. The highest BCUT2D eigenvalue weighted by molar-refractivity contribution is 5.80. The van der Waals surface area contributed by atoms with E-state index in [4.69, 9.17) is 10.5 Å². The van der Waals surface area contributed by atoms with E-state index in [0.717, 1.165) is 42.9 Å². The monoisotopic (exact) mass is 422 g/mol. The lowest BCUT2D eigenvalue weighted by atomic mass is 9.97. The molecule has 2 unspecified atom stereocenters. The van der Waals surface area contributed by atoms with Gasteiger partial charge in [0.1, 0.15) is 17.7 Å². The Bertz CT molecular complexity index is 922. The minimum Gasteiger partial charge on any atom is -0.488 e. The van der Waals surface area contributed by atoms with Crippen molar-refractivity contribution in [3.8, 4) is 5.75 Å². The van der Waals surface area contributed by atoms with Crippen LogP contribution >= 0.6 is 0 Å². The normalized spacial score (nSPS) is 20.7. The third kappa shape index (κ3) is 5.07. The molecule has 2 aromatic rings. The van der Waals surface area contributed by atoms with Gasteiger partial charge in [-0.15, -0.1) is 0 Å². The molecule has 1 aromatic heterocycles. The first-order valence-electron chi connectivity index (χ1n) is 10.8. The molecule has 8 nitrogen and oxygen atoms in total. The molecular weight excluding hydrogens is 392 g/mol. The Labute approximate surface area is 182 Å². The number of para-hydroxylation sites is 1. The van der Waals surface area contributed by atoms with E-state index in [1.807, 2.05) is 30.3 Å². The number of rotatable bonds is 6. The van der Waals surface area contributed by atoms with Crippen molar-refractivity contribution in [1.82, 2.24) is 15.6 Å². The van der Waals surface area contributed by atoms with Crippen LogP contribution in [0.1, 0.15) is 24.0 Å². The number of aliphatic imine (C=N–C) groups is 1. The third-order valence-electron chi connectivity index (χ3n) is 5.87. The van der Waals surface area contributed by atoms with Crippen LogP contribution in [0, 0.1) is 5.92 Å². The van der Waals surface area contributed by atoms with E-state index in [2.05, 4.69) is 31.6 Å². The van der Waals surface area contributed by atoms with Crippen LogP contribution < -0.4 is 26.0 Å². The smallest absolute Gasteiger partial charge is 0.222 e. The van der Waals surface area contributed by atoms with Crippen molar-refractivity contribution < 1.29 is 9.53 Å². The summed E-state index contributed by atoms with van der Waals surface area (Å²) in [5.41, 5.74) is 7.84. The van der Waals surface area contributed by atoms with Gasteiger partial charge in [-0.05, 0) is 30.5 Å². The average Bonchev–Trinajstić information content (AvgIpc) is 3.22. The predicted molar refractivity (Wildman–Crippen MR) is 121 cm³/mol. The number of benzene rings is 1. The molecule has 31 heavy (non-hydrogen) atoms. The first-order valence-corrected chi connectivity index (χ1v) is 10.8. The van der Waals surface area contributed by atoms with Crippen LogP contribution in [-0.2, 0) is 17.8 Å². The topological polar surface area (TPSA) is 105 Å². The number of nitrogens with zero attached hydrogens (tertiary/aromatic N) is 3. The van der Waals surface area contributed by atoms with E-state index in [-0.39, 0.29) is 17.9 Å². The number of pyridine rings is 1. The SMILES string of the molecule is CN=C(NCc1cccnc1N1CCCC(C(N)=O)C1)NCC1Cc2ccccc2O1. The van der Waals surface area contributed by atoms with E-state index >= 15 is 0 Å². The van der Waals surface area contributed by atoms with Gasteiger partial charge in [-0.1, -0.05) is 24.3 Å². The minimum absolute atomic E-state index is 0.0870. The number of ether oxygens (including phenoxy) is 1. The average molecular weight is 423 g/mol. The Morgan fingerprint density at radius 1 is 1.29 bits per heavy atom. The van der Waals surface area contributed by atoms with Crippen molar-refractivity contribution >= 4 is 17.7 Å². The predicted octanol–water partition coefficient (Wildman–Crippen LogP) is 1.45. The molecule has 0 aliphatic carbocycles. The van der Waals surface area contributed by atoms with Crippen molar-refractivity contribution in [2.24, 2.45) is 16.6 Å².